The standard InChI is InChI=1S/C19H19F2NO4S/c1-2-13-22-27(24,25)17-10-6-15(7-11-17)18(23)12-5-14-3-8-16(9-4-14)26-19(20)21/h3-12,19,22H,2,13H2,1H3/b12-5+. The van der Waals surface area contributed by atoms with Crippen LogP contribution in [0.3, 0.4) is 0 Å². The fourth-order valence-electron chi connectivity index (χ4n) is 2.15. The topological polar surface area (TPSA) is 72.5 Å². The predicted molar refractivity (Wildman–Crippen MR) is 98.4 cm³/mol. The summed E-state index contributed by atoms with van der Waals surface area (Å²) in [7, 11) is -3.58. The highest BCUT2D eigenvalue weighted by Crippen LogP contribution is 2.16. The molecule has 2 aromatic carbocycles. The van der Waals surface area contributed by atoms with Gasteiger partial charge in [0.25, 0.3) is 0 Å². The summed E-state index contributed by atoms with van der Waals surface area (Å²) < 4.78 is 54.9. The number of ketones is 1. The van der Waals surface area contributed by atoms with Crippen LogP contribution in [-0.4, -0.2) is 27.4 Å². The van der Waals surface area contributed by atoms with Crippen molar-refractivity contribution in [2.45, 2.75) is 24.9 Å². The fourth-order valence-corrected chi connectivity index (χ4v) is 3.28. The summed E-state index contributed by atoms with van der Waals surface area (Å²) in [4.78, 5) is 12.3. The molecule has 144 valence electrons. The van der Waals surface area contributed by atoms with Crippen LogP contribution in [0.4, 0.5) is 8.78 Å². The van der Waals surface area contributed by atoms with Crippen LogP contribution in [-0.2, 0) is 10.0 Å². The summed E-state index contributed by atoms with van der Waals surface area (Å²) in [5.41, 5.74) is 0.964. The van der Waals surface area contributed by atoms with E-state index in [-0.39, 0.29) is 16.4 Å². The zero-order valence-corrected chi connectivity index (χ0v) is 15.4. The number of hydrogen-bond donors (Lipinski definition) is 1. The van der Waals surface area contributed by atoms with Crippen molar-refractivity contribution in [2.24, 2.45) is 0 Å². The molecule has 0 bridgehead atoms. The number of benzene rings is 2. The lowest BCUT2D eigenvalue weighted by Gasteiger charge is -2.06. The Labute approximate surface area is 156 Å². The second-order valence-electron chi connectivity index (χ2n) is 5.57. The van der Waals surface area contributed by atoms with Crippen LogP contribution in [0, 0.1) is 0 Å². The van der Waals surface area contributed by atoms with E-state index < -0.39 is 16.6 Å². The highest BCUT2D eigenvalue weighted by molar-refractivity contribution is 7.89. The third kappa shape index (κ3) is 6.26. The van der Waals surface area contributed by atoms with E-state index in [1.165, 1.54) is 60.7 Å². The summed E-state index contributed by atoms with van der Waals surface area (Å²) in [6.07, 6.45) is 3.53. The molecule has 0 unspecified atom stereocenters. The zero-order valence-electron chi connectivity index (χ0n) is 14.6. The Morgan fingerprint density at radius 2 is 1.74 bits per heavy atom. The Hall–Kier alpha value is -2.58. The van der Waals surface area contributed by atoms with Crippen LogP contribution < -0.4 is 9.46 Å². The van der Waals surface area contributed by atoms with Gasteiger partial charge in [-0.1, -0.05) is 25.1 Å². The summed E-state index contributed by atoms with van der Waals surface area (Å²) >= 11 is 0. The number of ether oxygens (including phenoxy) is 1. The largest absolute Gasteiger partial charge is 0.435 e. The molecule has 2 rings (SSSR count). The van der Waals surface area contributed by atoms with E-state index in [0.29, 0.717) is 24.1 Å². The van der Waals surface area contributed by atoms with Gasteiger partial charge in [-0.3, -0.25) is 4.79 Å². The van der Waals surface area contributed by atoms with Gasteiger partial charge in [-0.2, -0.15) is 8.78 Å². The van der Waals surface area contributed by atoms with Crippen LogP contribution in [0.1, 0.15) is 29.3 Å². The third-order valence-corrected chi connectivity index (χ3v) is 5.00. The van der Waals surface area contributed by atoms with Gasteiger partial charge in [-0.25, -0.2) is 13.1 Å². The van der Waals surface area contributed by atoms with Crippen LogP contribution in [0.5, 0.6) is 5.75 Å². The van der Waals surface area contributed by atoms with Gasteiger partial charge in [0.2, 0.25) is 10.0 Å². The number of hydrogen-bond acceptors (Lipinski definition) is 4. The molecule has 0 aromatic heterocycles. The zero-order chi connectivity index (χ0) is 19.9. The number of alkyl halides is 2. The van der Waals surface area contributed by atoms with E-state index >= 15 is 0 Å². The van der Waals surface area contributed by atoms with Crippen molar-refractivity contribution in [3.05, 3.63) is 65.7 Å². The minimum Gasteiger partial charge on any atom is -0.435 e. The minimum atomic E-state index is -3.58. The van der Waals surface area contributed by atoms with Gasteiger partial charge < -0.3 is 4.74 Å². The van der Waals surface area contributed by atoms with Crippen molar-refractivity contribution in [2.75, 3.05) is 6.54 Å². The van der Waals surface area contributed by atoms with Crippen molar-refractivity contribution in [3.63, 3.8) is 0 Å². The summed E-state index contributed by atoms with van der Waals surface area (Å²) in [6.45, 7) is -0.694. The van der Waals surface area contributed by atoms with Gasteiger partial charge in [-0.05, 0) is 54.5 Å². The van der Waals surface area contributed by atoms with E-state index in [9.17, 15) is 22.0 Å². The summed E-state index contributed by atoms with van der Waals surface area (Å²) in [6, 6.07) is 11.4. The number of allylic oxidation sites excluding steroid dienone is 1. The Kier molecular flexibility index (Phi) is 7.20. The van der Waals surface area contributed by atoms with Crippen LogP contribution in [0.25, 0.3) is 6.08 Å². The van der Waals surface area contributed by atoms with Crippen LogP contribution in [0.2, 0.25) is 0 Å². The molecule has 0 aliphatic heterocycles. The molecule has 1 N–H and O–H groups in total. The smallest absolute Gasteiger partial charge is 0.387 e. The molecule has 0 saturated carbocycles. The first-order valence-electron chi connectivity index (χ1n) is 8.19. The van der Waals surface area contributed by atoms with E-state index in [0.717, 1.165) is 0 Å². The molecule has 0 atom stereocenters. The first-order valence-corrected chi connectivity index (χ1v) is 9.67. The molecule has 27 heavy (non-hydrogen) atoms. The van der Waals surface area contributed by atoms with Gasteiger partial charge >= 0.3 is 6.61 Å². The van der Waals surface area contributed by atoms with E-state index in [1.807, 2.05) is 6.92 Å². The van der Waals surface area contributed by atoms with Gasteiger partial charge in [0.05, 0.1) is 4.90 Å². The van der Waals surface area contributed by atoms with E-state index in [2.05, 4.69) is 9.46 Å². The molecule has 5 nitrogen and oxygen atoms in total. The molecule has 2 aromatic rings. The molecule has 0 saturated heterocycles. The maximum atomic E-state index is 12.2. The molecule has 0 aliphatic rings. The van der Waals surface area contributed by atoms with Gasteiger partial charge in [0.15, 0.2) is 5.78 Å². The lowest BCUT2D eigenvalue weighted by atomic mass is 10.1. The van der Waals surface area contributed by atoms with E-state index in [4.69, 9.17) is 0 Å². The van der Waals surface area contributed by atoms with Crippen molar-refractivity contribution in [1.29, 1.82) is 0 Å². The summed E-state index contributed by atoms with van der Waals surface area (Å²) in [5.74, 6) is -0.282. The molecule has 0 radical (unpaired) electrons. The minimum absolute atomic E-state index is 0.0296. The van der Waals surface area contributed by atoms with Gasteiger partial charge in [0.1, 0.15) is 5.75 Å². The number of nitrogens with one attached hydrogen (secondary N) is 1. The molecular weight excluding hydrogens is 376 g/mol. The number of carbonyl (C=O) groups is 1. The number of sulfonamides is 1. The maximum Gasteiger partial charge on any atom is 0.387 e. The Balaban J connectivity index is 2.04. The first kappa shape index (κ1) is 20.7. The fraction of sp³-hybridized carbons (Fsp3) is 0.211. The predicted octanol–water partition coefficient (Wildman–Crippen LogP) is 3.87. The average molecular weight is 395 g/mol. The van der Waals surface area contributed by atoms with Gasteiger partial charge in [-0.15, -0.1) is 0 Å². The lowest BCUT2D eigenvalue weighted by Crippen LogP contribution is -2.24. The molecular formula is C19H19F2NO4S. The second-order valence-corrected chi connectivity index (χ2v) is 7.33. The average Bonchev–Trinajstić information content (AvgIpc) is 2.65. The maximum absolute atomic E-state index is 12.2. The molecule has 0 spiro atoms. The Morgan fingerprint density at radius 1 is 1.11 bits per heavy atom. The van der Waals surface area contributed by atoms with E-state index in [1.54, 1.807) is 0 Å². The van der Waals surface area contributed by atoms with Crippen LogP contribution >= 0.6 is 0 Å². The first-order chi connectivity index (χ1) is 12.8. The third-order valence-electron chi connectivity index (χ3n) is 3.52. The van der Waals surface area contributed by atoms with Crippen molar-refractivity contribution in [3.8, 4) is 5.75 Å². The van der Waals surface area contributed by atoms with Crippen molar-refractivity contribution < 1.29 is 26.7 Å². The summed E-state index contributed by atoms with van der Waals surface area (Å²) in [5, 5.41) is 0. The number of carbonyl (C=O) groups excluding carboxylic acids is 1. The Bertz CT molecular complexity index is 892. The van der Waals surface area contributed by atoms with Gasteiger partial charge in [0, 0.05) is 12.1 Å². The monoisotopic (exact) mass is 395 g/mol. The Morgan fingerprint density at radius 3 is 2.30 bits per heavy atom. The number of rotatable bonds is 9. The lowest BCUT2D eigenvalue weighted by molar-refractivity contribution is -0.0498. The number of halogens is 2. The molecule has 8 heteroatoms. The highest BCUT2D eigenvalue weighted by atomic mass is 32.2. The molecule has 0 aliphatic carbocycles. The SMILES string of the molecule is CCCNS(=O)(=O)c1ccc(C(=O)/C=C/c2ccc(OC(F)F)cc2)cc1. The van der Waals surface area contributed by atoms with Crippen molar-refractivity contribution >= 4 is 21.9 Å². The highest BCUT2D eigenvalue weighted by Gasteiger charge is 2.13. The second kappa shape index (κ2) is 9.38. The van der Waals surface area contributed by atoms with Crippen LogP contribution in [0.15, 0.2) is 59.5 Å². The molecule has 0 heterocycles. The normalized spacial score (nSPS) is 11.9. The molecule has 0 fully saturated rings. The van der Waals surface area contributed by atoms with Crippen molar-refractivity contribution in [1.82, 2.24) is 4.72 Å². The quantitative estimate of drug-likeness (QED) is 0.517. The molecule has 0 amide bonds.